The number of piperidine rings is 1. The predicted octanol–water partition coefficient (Wildman–Crippen LogP) is 2.40. The third-order valence-electron chi connectivity index (χ3n) is 5.40. The molecule has 7 nitrogen and oxygen atoms in total. The second kappa shape index (κ2) is 8.22. The molecule has 1 fully saturated rings. The summed E-state index contributed by atoms with van der Waals surface area (Å²) < 4.78 is 30.5. The predicted molar refractivity (Wildman–Crippen MR) is 106 cm³/mol. The van der Waals surface area contributed by atoms with E-state index < -0.39 is 11.4 Å². The molecule has 158 valence electrons. The third kappa shape index (κ3) is 4.17. The van der Waals surface area contributed by atoms with Gasteiger partial charge in [0.2, 0.25) is 0 Å². The fourth-order valence-electron chi connectivity index (χ4n) is 3.82. The minimum atomic E-state index is -0.757. The molecule has 2 heterocycles. The van der Waals surface area contributed by atoms with Crippen LogP contribution in [0.3, 0.4) is 0 Å². The Bertz CT molecular complexity index is 949. The second-order valence-corrected chi connectivity index (χ2v) is 7.49. The average Bonchev–Trinajstić information content (AvgIpc) is 2.89. The summed E-state index contributed by atoms with van der Waals surface area (Å²) in [5.74, 6) is 0.565. The first-order valence-electron chi connectivity index (χ1n) is 9.79. The summed E-state index contributed by atoms with van der Waals surface area (Å²) in [7, 11) is 1.58. The third-order valence-corrected chi connectivity index (χ3v) is 5.40. The van der Waals surface area contributed by atoms with Crippen LogP contribution in [-0.2, 0) is 4.79 Å². The summed E-state index contributed by atoms with van der Waals surface area (Å²) >= 11 is 0. The first-order chi connectivity index (χ1) is 14.5. The van der Waals surface area contributed by atoms with Gasteiger partial charge in [-0.1, -0.05) is 0 Å². The molecule has 2 aromatic carbocycles. The van der Waals surface area contributed by atoms with Crippen LogP contribution in [0.2, 0.25) is 0 Å². The molecular formula is C22H23FN2O5. The zero-order valence-electron chi connectivity index (χ0n) is 16.7. The van der Waals surface area contributed by atoms with Crippen LogP contribution in [0.25, 0.3) is 0 Å². The summed E-state index contributed by atoms with van der Waals surface area (Å²) in [6.07, 6.45) is 1.40. The van der Waals surface area contributed by atoms with E-state index in [2.05, 4.69) is 5.32 Å². The first-order valence-corrected chi connectivity index (χ1v) is 9.79. The molecule has 8 heteroatoms. The number of fused-ring (bicyclic) bond motifs is 1. The number of halogens is 1. The Hall–Kier alpha value is -3.29. The van der Waals surface area contributed by atoms with Crippen LogP contribution in [0.1, 0.15) is 23.2 Å². The second-order valence-electron chi connectivity index (χ2n) is 7.49. The van der Waals surface area contributed by atoms with E-state index in [4.69, 9.17) is 14.2 Å². The van der Waals surface area contributed by atoms with Gasteiger partial charge in [0, 0.05) is 6.54 Å². The van der Waals surface area contributed by atoms with E-state index in [0.717, 1.165) is 12.5 Å². The van der Waals surface area contributed by atoms with Gasteiger partial charge in [-0.2, -0.15) is 0 Å². The average molecular weight is 414 g/mol. The number of amides is 2. The number of ether oxygens (including phenoxy) is 3. The Morgan fingerprint density at radius 3 is 2.77 bits per heavy atom. The fourth-order valence-corrected chi connectivity index (χ4v) is 3.82. The van der Waals surface area contributed by atoms with Crippen molar-refractivity contribution in [2.75, 3.05) is 33.4 Å². The van der Waals surface area contributed by atoms with Crippen molar-refractivity contribution in [3.63, 3.8) is 0 Å². The number of carbonyl (C=O) groups is 2. The van der Waals surface area contributed by atoms with Gasteiger partial charge in [0.15, 0.2) is 6.61 Å². The van der Waals surface area contributed by atoms with Crippen molar-refractivity contribution >= 4 is 11.8 Å². The largest absolute Gasteiger partial charge is 0.497 e. The Kier molecular flexibility index (Phi) is 5.48. The van der Waals surface area contributed by atoms with Gasteiger partial charge < -0.3 is 24.4 Å². The molecule has 0 aliphatic carbocycles. The highest BCUT2D eigenvalue weighted by atomic mass is 19.1. The van der Waals surface area contributed by atoms with E-state index in [1.54, 1.807) is 36.3 Å². The molecule has 1 saturated heterocycles. The van der Waals surface area contributed by atoms with Crippen molar-refractivity contribution in [2.45, 2.75) is 18.4 Å². The molecule has 0 radical (unpaired) electrons. The molecule has 30 heavy (non-hydrogen) atoms. The maximum absolute atomic E-state index is 13.6. The molecule has 2 aromatic rings. The van der Waals surface area contributed by atoms with Gasteiger partial charge in [0.25, 0.3) is 11.8 Å². The van der Waals surface area contributed by atoms with Crippen LogP contribution in [0.5, 0.6) is 17.2 Å². The quantitative estimate of drug-likeness (QED) is 0.832. The smallest absolute Gasteiger partial charge is 0.260 e. The lowest BCUT2D eigenvalue weighted by atomic mass is 9.92. The van der Waals surface area contributed by atoms with Crippen LogP contribution in [0.4, 0.5) is 4.39 Å². The summed E-state index contributed by atoms with van der Waals surface area (Å²) in [5, 5.41) is 2.80. The molecule has 0 saturated carbocycles. The first kappa shape index (κ1) is 20.0. The minimum Gasteiger partial charge on any atom is -0.497 e. The lowest BCUT2D eigenvalue weighted by molar-refractivity contribution is -0.138. The van der Waals surface area contributed by atoms with Crippen molar-refractivity contribution in [1.82, 2.24) is 10.2 Å². The van der Waals surface area contributed by atoms with E-state index in [1.165, 1.54) is 12.1 Å². The zero-order chi connectivity index (χ0) is 21.1. The monoisotopic (exact) mass is 414 g/mol. The highest BCUT2D eigenvalue weighted by Gasteiger charge is 2.42. The number of rotatable bonds is 4. The highest BCUT2D eigenvalue weighted by molar-refractivity contribution is 5.97. The van der Waals surface area contributed by atoms with Gasteiger partial charge in [-0.3, -0.25) is 9.59 Å². The number of hydrogen-bond acceptors (Lipinski definition) is 5. The van der Waals surface area contributed by atoms with E-state index in [9.17, 15) is 14.0 Å². The van der Waals surface area contributed by atoms with E-state index in [-0.39, 0.29) is 30.5 Å². The highest BCUT2D eigenvalue weighted by Crippen LogP contribution is 2.32. The lowest BCUT2D eigenvalue weighted by Crippen LogP contribution is -2.58. The topological polar surface area (TPSA) is 77.1 Å². The normalized spacial score (nSPS) is 20.6. The fraction of sp³-hybridized carbons (Fsp3) is 0.364. The van der Waals surface area contributed by atoms with Crippen LogP contribution in [0, 0.1) is 5.82 Å². The number of nitrogens with zero attached hydrogens (tertiary/aromatic N) is 1. The maximum atomic E-state index is 13.6. The maximum Gasteiger partial charge on any atom is 0.260 e. The van der Waals surface area contributed by atoms with Gasteiger partial charge in [0.1, 0.15) is 28.7 Å². The molecule has 0 unspecified atom stereocenters. The zero-order valence-corrected chi connectivity index (χ0v) is 16.7. The SMILES string of the molecule is COc1ccc(OCC(=O)N2CCC[C@]3(CNC(=O)c4cc(F)ccc4O3)C2)cc1. The number of methoxy groups -OCH3 is 1. The van der Waals surface area contributed by atoms with Crippen LogP contribution in [0.15, 0.2) is 42.5 Å². The van der Waals surface area contributed by atoms with Gasteiger partial charge in [-0.15, -0.1) is 0 Å². The molecule has 4 rings (SSSR count). The van der Waals surface area contributed by atoms with Gasteiger partial charge in [-0.25, -0.2) is 4.39 Å². The number of nitrogens with one attached hydrogen (secondary N) is 1. The molecule has 2 amide bonds. The lowest BCUT2D eigenvalue weighted by Gasteiger charge is -2.42. The van der Waals surface area contributed by atoms with E-state index >= 15 is 0 Å². The van der Waals surface area contributed by atoms with Crippen molar-refractivity contribution in [1.29, 1.82) is 0 Å². The number of likely N-dealkylation sites (tertiary alicyclic amines) is 1. The molecule has 0 aromatic heterocycles. The van der Waals surface area contributed by atoms with Gasteiger partial charge in [-0.05, 0) is 55.3 Å². The Morgan fingerprint density at radius 1 is 1.23 bits per heavy atom. The van der Waals surface area contributed by atoms with Gasteiger partial charge in [0.05, 0.1) is 25.8 Å². The summed E-state index contributed by atoms with van der Waals surface area (Å²) in [5.41, 5.74) is -0.592. The minimum absolute atomic E-state index is 0.101. The van der Waals surface area contributed by atoms with Crippen molar-refractivity contribution in [2.24, 2.45) is 0 Å². The Morgan fingerprint density at radius 2 is 2.00 bits per heavy atom. The van der Waals surface area contributed by atoms with Crippen LogP contribution in [-0.4, -0.2) is 55.7 Å². The molecule has 2 aliphatic heterocycles. The van der Waals surface area contributed by atoms with Crippen LogP contribution >= 0.6 is 0 Å². The van der Waals surface area contributed by atoms with Crippen molar-refractivity contribution < 1.29 is 28.2 Å². The number of carbonyl (C=O) groups excluding carboxylic acids is 2. The molecule has 1 atom stereocenters. The Balaban J connectivity index is 1.43. The van der Waals surface area contributed by atoms with Crippen molar-refractivity contribution in [3.8, 4) is 17.2 Å². The van der Waals surface area contributed by atoms with E-state index in [1.807, 2.05) is 0 Å². The van der Waals surface area contributed by atoms with Gasteiger partial charge >= 0.3 is 0 Å². The molecule has 1 spiro atoms. The molecule has 0 bridgehead atoms. The molecular weight excluding hydrogens is 391 g/mol. The number of benzene rings is 2. The number of hydrogen-bond donors (Lipinski definition) is 1. The molecule has 2 aliphatic rings. The molecule has 1 N–H and O–H groups in total. The standard InChI is InChI=1S/C22H23FN2O5/c1-28-16-4-6-17(7-5-16)29-12-20(26)25-10-2-9-22(14-25)13-24-21(27)18-11-15(23)3-8-19(18)30-22/h3-8,11H,2,9-10,12-14H2,1H3,(H,24,27)/t22-/m0/s1. The summed E-state index contributed by atoms with van der Waals surface area (Å²) in [6.45, 7) is 1.04. The van der Waals surface area contributed by atoms with Crippen LogP contribution < -0.4 is 19.5 Å². The Labute approximate surface area is 173 Å². The van der Waals surface area contributed by atoms with Crippen molar-refractivity contribution in [3.05, 3.63) is 53.8 Å². The summed E-state index contributed by atoms with van der Waals surface area (Å²) in [4.78, 5) is 26.8. The van der Waals surface area contributed by atoms with E-state index in [0.29, 0.717) is 36.8 Å². The summed E-state index contributed by atoms with van der Waals surface area (Å²) in [6, 6.07) is 10.9.